The summed E-state index contributed by atoms with van der Waals surface area (Å²) in [4.78, 5) is 11.0. The van der Waals surface area contributed by atoms with Crippen LogP contribution in [0.1, 0.15) is 38.4 Å². The second kappa shape index (κ2) is 6.19. The number of likely N-dealkylation sites (N-methyl/N-ethyl adjacent to an activating group) is 1. The highest BCUT2D eigenvalue weighted by molar-refractivity contribution is 5.42. The molecular weight excluding hydrogens is 240 g/mol. The van der Waals surface area contributed by atoms with Crippen LogP contribution in [0.5, 0.6) is 5.88 Å². The molecule has 19 heavy (non-hydrogen) atoms. The highest BCUT2D eigenvalue weighted by Gasteiger charge is 2.26. The lowest BCUT2D eigenvalue weighted by Crippen LogP contribution is -2.48. The minimum absolute atomic E-state index is 0.226. The number of rotatable bonds is 4. The lowest BCUT2D eigenvalue weighted by Gasteiger charge is -2.36. The zero-order valence-electron chi connectivity index (χ0n) is 12.1. The Hall–Kier alpha value is -1.36. The topological polar surface area (TPSA) is 64.3 Å². The van der Waals surface area contributed by atoms with Gasteiger partial charge in [-0.3, -0.25) is 0 Å². The van der Waals surface area contributed by atoms with E-state index in [2.05, 4.69) is 21.9 Å². The molecule has 0 radical (unpaired) electrons. The summed E-state index contributed by atoms with van der Waals surface area (Å²) < 4.78 is 5.48. The molecule has 106 valence electrons. The summed E-state index contributed by atoms with van der Waals surface area (Å²) in [6.07, 6.45) is 4.70. The lowest BCUT2D eigenvalue weighted by atomic mass is 9.90. The first-order chi connectivity index (χ1) is 9.11. The molecule has 0 saturated heterocycles. The zero-order valence-corrected chi connectivity index (χ0v) is 12.1. The van der Waals surface area contributed by atoms with Crippen molar-refractivity contribution in [2.75, 3.05) is 18.6 Å². The minimum atomic E-state index is 0.226. The fourth-order valence-electron chi connectivity index (χ4n) is 2.72. The van der Waals surface area contributed by atoms with Crippen LogP contribution in [0.25, 0.3) is 0 Å². The Kier molecular flexibility index (Phi) is 4.58. The van der Waals surface area contributed by atoms with Gasteiger partial charge in [-0.25, -0.2) is 4.98 Å². The number of hydrogen-bond acceptors (Lipinski definition) is 5. The van der Waals surface area contributed by atoms with Crippen molar-refractivity contribution in [3.8, 4) is 5.88 Å². The van der Waals surface area contributed by atoms with Crippen molar-refractivity contribution in [1.29, 1.82) is 0 Å². The fraction of sp³-hybridized carbons (Fsp3) is 0.714. The van der Waals surface area contributed by atoms with E-state index in [0.29, 0.717) is 18.5 Å². The van der Waals surface area contributed by atoms with Crippen LogP contribution >= 0.6 is 0 Å². The largest absolute Gasteiger partial charge is 0.478 e. The number of ether oxygens (including phenoxy) is 1. The molecule has 2 unspecified atom stereocenters. The molecule has 0 bridgehead atoms. The second-order valence-electron chi connectivity index (χ2n) is 5.17. The summed E-state index contributed by atoms with van der Waals surface area (Å²) in [5.41, 5.74) is 6.24. The van der Waals surface area contributed by atoms with Gasteiger partial charge in [0.2, 0.25) is 5.88 Å². The third-order valence-electron chi connectivity index (χ3n) is 3.73. The van der Waals surface area contributed by atoms with E-state index in [1.54, 1.807) is 0 Å². The number of nitrogens with two attached hydrogens (primary N) is 1. The molecule has 1 saturated carbocycles. The molecule has 5 heteroatoms. The average Bonchev–Trinajstić information content (AvgIpc) is 2.38. The maximum absolute atomic E-state index is 6.24. The van der Waals surface area contributed by atoms with Crippen molar-refractivity contribution in [3.63, 3.8) is 0 Å². The van der Waals surface area contributed by atoms with Gasteiger partial charge in [-0.05, 0) is 26.7 Å². The van der Waals surface area contributed by atoms with Crippen molar-refractivity contribution < 1.29 is 4.74 Å². The molecular formula is C14H24N4O. The molecule has 5 nitrogen and oxygen atoms in total. The van der Waals surface area contributed by atoms with Gasteiger partial charge in [0.25, 0.3) is 0 Å². The molecule has 0 amide bonds. The molecule has 2 atom stereocenters. The first kappa shape index (κ1) is 14.1. The van der Waals surface area contributed by atoms with Crippen molar-refractivity contribution in [1.82, 2.24) is 9.97 Å². The normalized spacial score (nSPS) is 23.2. The Morgan fingerprint density at radius 2 is 2.11 bits per heavy atom. The fourth-order valence-corrected chi connectivity index (χ4v) is 2.72. The van der Waals surface area contributed by atoms with Gasteiger partial charge < -0.3 is 15.4 Å². The van der Waals surface area contributed by atoms with Crippen LogP contribution in [0.4, 0.5) is 5.82 Å². The third-order valence-corrected chi connectivity index (χ3v) is 3.73. The Labute approximate surface area is 115 Å². The number of aryl methyl sites for hydroxylation is 1. The summed E-state index contributed by atoms with van der Waals surface area (Å²) in [7, 11) is 2.06. The van der Waals surface area contributed by atoms with Crippen LogP contribution < -0.4 is 15.4 Å². The van der Waals surface area contributed by atoms with Crippen LogP contribution in [0.15, 0.2) is 6.07 Å². The van der Waals surface area contributed by atoms with E-state index in [0.717, 1.165) is 24.5 Å². The smallest absolute Gasteiger partial charge is 0.218 e. The summed E-state index contributed by atoms with van der Waals surface area (Å²) >= 11 is 0. The first-order valence-electron chi connectivity index (χ1n) is 7.08. The molecule has 1 aliphatic rings. The van der Waals surface area contributed by atoms with Crippen molar-refractivity contribution in [2.45, 2.75) is 51.6 Å². The van der Waals surface area contributed by atoms with Gasteiger partial charge in [-0.15, -0.1) is 0 Å². The first-order valence-corrected chi connectivity index (χ1v) is 7.08. The van der Waals surface area contributed by atoms with E-state index < -0.39 is 0 Å². The number of hydrogen-bond donors (Lipinski definition) is 1. The van der Waals surface area contributed by atoms with Crippen LogP contribution in [0.2, 0.25) is 0 Å². The number of aromatic nitrogens is 2. The standard InChI is InChI=1S/C14H24N4O/c1-4-19-14-9-13(16-10(2)17-14)18(3)12-8-6-5-7-11(12)15/h9,11-12H,4-8,15H2,1-3H3. The van der Waals surface area contributed by atoms with E-state index in [-0.39, 0.29) is 6.04 Å². The van der Waals surface area contributed by atoms with Crippen LogP contribution in [0.3, 0.4) is 0 Å². The molecule has 1 fully saturated rings. The van der Waals surface area contributed by atoms with Crippen molar-refractivity contribution in [3.05, 3.63) is 11.9 Å². The molecule has 2 N–H and O–H groups in total. The van der Waals surface area contributed by atoms with Gasteiger partial charge >= 0.3 is 0 Å². The highest BCUT2D eigenvalue weighted by atomic mass is 16.5. The average molecular weight is 264 g/mol. The molecule has 0 spiro atoms. The van der Waals surface area contributed by atoms with Gasteiger partial charge in [-0.1, -0.05) is 12.8 Å². The molecule has 2 rings (SSSR count). The molecule has 0 aromatic carbocycles. The van der Waals surface area contributed by atoms with Gasteiger partial charge in [0, 0.05) is 25.2 Å². The van der Waals surface area contributed by atoms with Crippen LogP contribution in [-0.4, -0.2) is 35.7 Å². The van der Waals surface area contributed by atoms with Gasteiger partial charge in [-0.2, -0.15) is 4.98 Å². The quantitative estimate of drug-likeness (QED) is 0.899. The minimum Gasteiger partial charge on any atom is -0.478 e. The molecule has 1 aromatic rings. The van der Waals surface area contributed by atoms with Gasteiger partial charge in [0.05, 0.1) is 6.61 Å². The predicted molar refractivity (Wildman–Crippen MR) is 76.6 cm³/mol. The van der Waals surface area contributed by atoms with Crippen LogP contribution in [-0.2, 0) is 0 Å². The van der Waals surface area contributed by atoms with E-state index >= 15 is 0 Å². The van der Waals surface area contributed by atoms with Crippen molar-refractivity contribution >= 4 is 5.82 Å². The lowest BCUT2D eigenvalue weighted by molar-refractivity contribution is 0.324. The summed E-state index contributed by atoms with van der Waals surface area (Å²) in [6, 6.07) is 2.49. The van der Waals surface area contributed by atoms with Gasteiger partial charge in [0.15, 0.2) is 0 Å². The van der Waals surface area contributed by atoms with Crippen molar-refractivity contribution in [2.24, 2.45) is 5.73 Å². The molecule has 1 heterocycles. The van der Waals surface area contributed by atoms with Gasteiger partial charge in [0.1, 0.15) is 11.6 Å². The third kappa shape index (κ3) is 3.35. The summed E-state index contributed by atoms with van der Waals surface area (Å²) in [6.45, 7) is 4.46. The Bertz CT molecular complexity index is 424. The Morgan fingerprint density at radius 3 is 2.79 bits per heavy atom. The summed E-state index contributed by atoms with van der Waals surface area (Å²) in [5, 5.41) is 0. The number of anilines is 1. The summed E-state index contributed by atoms with van der Waals surface area (Å²) in [5.74, 6) is 2.27. The predicted octanol–water partition coefficient (Wildman–Crippen LogP) is 1.89. The maximum atomic E-state index is 6.24. The Balaban J connectivity index is 2.19. The zero-order chi connectivity index (χ0) is 13.8. The number of nitrogens with zero attached hydrogens (tertiary/aromatic N) is 3. The molecule has 1 aliphatic carbocycles. The monoisotopic (exact) mass is 264 g/mol. The van der Waals surface area contributed by atoms with E-state index in [9.17, 15) is 0 Å². The highest BCUT2D eigenvalue weighted by Crippen LogP contribution is 2.26. The van der Waals surface area contributed by atoms with E-state index in [1.807, 2.05) is 19.9 Å². The SMILES string of the molecule is CCOc1cc(N(C)C2CCCCC2N)nc(C)n1. The van der Waals surface area contributed by atoms with Crippen LogP contribution in [0, 0.1) is 6.92 Å². The molecule has 0 aliphatic heterocycles. The van der Waals surface area contributed by atoms with E-state index in [4.69, 9.17) is 10.5 Å². The Morgan fingerprint density at radius 1 is 1.37 bits per heavy atom. The molecule has 1 aromatic heterocycles. The van der Waals surface area contributed by atoms with E-state index in [1.165, 1.54) is 12.8 Å². The maximum Gasteiger partial charge on any atom is 0.218 e. The second-order valence-corrected chi connectivity index (χ2v) is 5.17.